The second-order valence-electron chi connectivity index (χ2n) is 6.63. The van der Waals surface area contributed by atoms with E-state index >= 15 is 0 Å². The number of rotatable bonds is 3. The summed E-state index contributed by atoms with van der Waals surface area (Å²) in [6.45, 7) is 6.11. The number of carbonyl (C=O) groups excluding carboxylic acids is 1. The number of fused-ring (bicyclic) bond motifs is 1. The van der Waals surface area contributed by atoms with Crippen LogP contribution < -0.4 is 10.2 Å². The van der Waals surface area contributed by atoms with Gasteiger partial charge in [0.05, 0.1) is 6.26 Å². The van der Waals surface area contributed by atoms with Crippen LogP contribution in [-0.2, 0) is 13.0 Å². The minimum Gasteiger partial charge on any atom is -0.459 e. The smallest absolute Gasteiger partial charge is 0.289 e. The first-order valence-electron chi connectivity index (χ1n) is 8.65. The Morgan fingerprint density at radius 1 is 1.25 bits per heavy atom. The fraction of sp³-hybridized carbons (Fsp3) is 0.421. The molecule has 24 heavy (non-hydrogen) atoms. The molecule has 0 bridgehead atoms. The second-order valence-corrected chi connectivity index (χ2v) is 6.63. The molecular formula is C19H23N3O2. The summed E-state index contributed by atoms with van der Waals surface area (Å²) in [5.41, 5.74) is 3.62. The van der Waals surface area contributed by atoms with E-state index in [4.69, 9.17) is 4.42 Å². The van der Waals surface area contributed by atoms with E-state index in [9.17, 15) is 4.79 Å². The SMILES string of the molecule is CC1Cc2ccccc2N1Cc1ccoc1C(=O)N1CCNCC1. The van der Waals surface area contributed by atoms with Crippen molar-refractivity contribution >= 4 is 11.6 Å². The van der Waals surface area contributed by atoms with E-state index in [1.54, 1.807) is 6.26 Å². The first-order valence-corrected chi connectivity index (χ1v) is 8.65. The number of hydrogen-bond donors (Lipinski definition) is 1. The first kappa shape index (κ1) is 15.3. The summed E-state index contributed by atoms with van der Waals surface area (Å²) in [6.07, 6.45) is 2.69. The first-order chi connectivity index (χ1) is 11.7. The highest BCUT2D eigenvalue weighted by molar-refractivity contribution is 5.93. The van der Waals surface area contributed by atoms with Crippen LogP contribution in [0.25, 0.3) is 0 Å². The number of para-hydroxylation sites is 1. The van der Waals surface area contributed by atoms with E-state index in [0.717, 1.165) is 38.2 Å². The topological polar surface area (TPSA) is 48.7 Å². The highest BCUT2D eigenvalue weighted by atomic mass is 16.3. The maximum atomic E-state index is 12.8. The standard InChI is InChI=1S/C19H23N3O2/c1-14-12-15-4-2-3-5-17(15)22(14)13-16-6-11-24-18(16)19(23)21-9-7-20-8-10-21/h2-6,11,14,20H,7-10,12-13H2,1H3. The number of nitrogens with zero attached hydrogens (tertiary/aromatic N) is 2. The molecule has 2 aliphatic rings. The molecule has 5 heteroatoms. The van der Waals surface area contributed by atoms with Crippen molar-refractivity contribution in [1.82, 2.24) is 10.2 Å². The molecule has 3 heterocycles. The van der Waals surface area contributed by atoms with Crippen LogP contribution in [0, 0.1) is 0 Å². The number of amides is 1. The van der Waals surface area contributed by atoms with Gasteiger partial charge < -0.3 is 19.5 Å². The van der Waals surface area contributed by atoms with E-state index in [1.165, 1.54) is 11.3 Å². The number of carbonyl (C=O) groups is 1. The molecule has 0 spiro atoms. The lowest BCUT2D eigenvalue weighted by molar-refractivity contribution is 0.0702. The van der Waals surface area contributed by atoms with Gasteiger partial charge in [-0.2, -0.15) is 0 Å². The molecule has 1 aromatic carbocycles. The van der Waals surface area contributed by atoms with Gasteiger partial charge >= 0.3 is 0 Å². The van der Waals surface area contributed by atoms with Crippen molar-refractivity contribution < 1.29 is 9.21 Å². The van der Waals surface area contributed by atoms with Gasteiger partial charge in [-0.1, -0.05) is 18.2 Å². The Kier molecular flexibility index (Phi) is 4.02. The van der Waals surface area contributed by atoms with Crippen LogP contribution in [-0.4, -0.2) is 43.0 Å². The summed E-state index contributed by atoms with van der Waals surface area (Å²) < 4.78 is 5.57. The van der Waals surface area contributed by atoms with Crippen molar-refractivity contribution in [3.8, 4) is 0 Å². The largest absolute Gasteiger partial charge is 0.459 e. The molecule has 0 saturated carbocycles. The molecule has 126 valence electrons. The van der Waals surface area contributed by atoms with E-state index in [2.05, 4.69) is 41.4 Å². The molecule has 2 aromatic rings. The summed E-state index contributed by atoms with van der Waals surface area (Å²) in [6, 6.07) is 10.9. The third-order valence-electron chi connectivity index (χ3n) is 5.03. The maximum Gasteiger partial charge on any atom is 0.289 e. The van der Waals surface area contributed by atoms with Crippen LogP contribution in [0.4, 0.5) is 5.69 Å². The van der Waals surface area contributed by atoms with Crippen LogP contribution in [0.5, 0.6) is 0 Å². The number of nitrogens with one attached hydrogen (secondary N) is 1. The zero-order valence-electron chi connectivity index (χ0n) is 14.0. The highest BCUT2D eigenvalue weighted by Gasteiger charge is 2.29. The maximum absolute atomic E-state index is 12.8. The quantitative estimate of drug-likeness (QED) is 0.940. The molecule has 1 N–H and O–H groups in total. The molecule has 0 aliphatic carbocycles. The Morgan fingerprint density at radius 2 is 2.04 bits per heavy atom. The van der Waals surface area contributed by atoms with E-state index in [1.807, 2.05) is 11.0 Å². The zero-order chi connectivity index (χ0) is 16.5. The summed E-state index contributed by atoms with van der Waals surface area (Å²) in [5, 5.41) is 3.27. The molecule has 4 rings (SSSR count). The van der Waals surface area contributed by atoms with Crippen molar-refractivity contribution in [2.24, 2.45) is 0 Å². The summed E-state index contributed by atoms with van der Waals surface area (Å²) in [4.78, 5) is 17.0. The number of piperazine rings is 1. The minimum atomic E-state index is 0.0108. The lowest BCUT2D eigenvalue weighted by Gasteiger charge is -2.28. The van der Waals surface area contributed by atoms with Crippen LogP contribution in [0.3, 0.4) is 0 Å². The zero-order valence-corrected chi connectivity index (χ0v) is 14.0. The third-order valence-corrected chi connectivity index (χ3v) is 5.03. The van der Waals surface area contributed by atoms with Gasteiger partial charge in [-0.25, -0.2) is 0 Å². The molecule has 1 aromatic heterocycles. The van der Waals surface area contributed by atoms with Crippen molar-refractivity contribution in [3.63, 3.8) is 0 Å². The van der Waals surface area contributed by atoms with Gasteiger partial charge in [0.1, 0.15) is 0 Å². The van der Waals surface area contributed by atoms with Gasteiger partial charge in [0, 0.05) is 50.0 Å². The number of benzene rings is 1. The van der Waals surface area contributed by atoms with Crippen molar-refractivity contribution in [3.05, 3.63) is 53.5 Å². The Bertz CT molecular complexity index is 734. The number of furan rings is 1. The Hall–Kier alpha value is -2.27. The second kappa shape index (κ2) is 6.32. The summed E-state index contributed by atoms with van der Waals surface area (Å²) in [7, 11) is 0. The fourth-order valence-electron chi connectivity index (χ4n) is 3.71. The van der Waals surface area contributed by atoms with E-state index in [-0.39, 0.29) is 5.91 Å². The van der Waals surface area contributed by atoms with Gasteiger partial charge in [-0.15, -0.1) is 0 Å². The van der Waals surface area contributed by atoms with Crippen LogP contribution >= 0.6 is 0 Å². The highest BCUT2D eigenvalue weighted by Crippen LogP contribution is 2.33. The van der Waals surface area contributed by atoms with Gasteiger partial charge in [0.2, 0.25) is 0 Å². The molecule has 1 saturated heterocycles. The molecule has 2 aliphatic heterocycles. The van der Waals surface area contributed by atoms with Gasteiger partial charge in [0.25, 0.3) is 5.91 Å². The van der Waals surface area contributed by atoms with E-state index < -0.39 is 0 Å². The average molecular weight is 325 g/mol. The monoisotopic (exact) mass is 325 g/mol. The van der Waals surface area contributed by atoms with Crippen molar-refractivity contribution in [2.45, 2.75) is 25.9 Å². The lowest BCUT2D eigenvalue weighted by Crippen LogP contribution is -2.46. The fourth-order valence-corrected chi connectivity index (χ4v) is 3.71. The Labute approximate surface area is 142 Å². The molecule has 1 amide bonds. The van der Waals surface area contributed by atoms with Crippen LogP contribution in [0.2, 0.25) is 0 Å². The van der Waals surface area contributed by atoms with Crippen LogP contribution in [0.1, 0.15) is 28.6 Å². The van der Waals surface area contributed by atoms with Gasteiger partial charge in [0.15, 0.2) is 5.76 Å². The normalized spacial score (nSPS) is 20.3. The number of hydrogen-bond acceptors (Lipinski definition) is 4. The molecular weight excluding hydrogens is 302 g/mol. The van der Waals surface area contributed by atoms with Crippen molar-refractivity contribution in [1.29, 1.82) is 0 Å². The summed E-state index contributed by atoms with van der Waals surface area (Å²) in [5.74, 6) is 0.505. The average Bonchev–Trinajstić information content (AvgIpc) is 3.20. The Morgan fingerprint density at radius 3 is 2.88 bits per heavy atom. The molecule has 0 radical (unpaired) electrons. The predicted molar refractivity (Wildman–Crippen MR) is 93.3 cm³/mol. The summed E-state index contributed by atoms with van der Waals surface area (Å²) >= 11 is 0. The molecule has 5 nitrogen and oxygen atoms in total. The predicted octanol–water partition coefficient (Wildman–Crippen LogP) is 2.28. The Balaban J connectivity index is 1.56. The third kappa shape index (κ3) is 2.69. The van der Waals surface area contributed by atoms with Crippen molar-refractivity contribution in [2.75, 3.05) is 31.1 Å². The molecule has 1 atom stereocenters. The van der Waals surface area contributed by atoms with E-state index in [0.29, 0.717) is 18.3 Å². The van der Waals surface area contributed by atoms with Gasteiger partial charge in [-0.3, -0.25) is 4.79 Å². The van der Waals surface area contributed by atoms with Crippen LogP contribution in [0.15, 0.2) is 41.0 Å². The lowest BCUT2D eigenvalue weighted by atomic mass is 10.1. The molecule has 1 fully saturated rings. The minimum absolute atomic E-state index is 0.0108. The molecule has 1 unspecified atom stereocenters. The number of anilines is 1. The van der Waals surface area contributed by atoms with Gasteiger partial charge in [-0.05, 0) is 31.0 Å².